The molecule has 0 atom stereocenters. The summed E-state index contributed by atoms with van der Waals surface area (Å²) in [5.41, 5.74) is 3.34. The van der Waals surface area contributed by atoms with Crippen molar-refractivity contribution >= 4 is 5.88 Å². The number of benzene rings is 2. The van der Waals surface area contributed by atoms with Crippen molar-refractivity contribution in [1.82, 2.24) is 4.98 Å². The summed E-state index contributed by atoms with van der Waals surface area (Å²) >= 11 is 0. The number of nitriles is 1. The SMILES string of the molecule is COc1ccc(-c2nc(C#N)c(NCc3ccc(C)cc3)o2)cc1. The first-order chi connectivity index (χ1) is 11.7. The average Bonchev–Trinajstić information content (AvgIpc) is 3.04. The normalized spacial score (nSPS) is 10.2. The minimum atomic E-state index is 0.243. The number of rotatable bonds is 5. The number of aryl methyl sites for hydroxylation is 1. The molecule has 0 amide bonds. The Balaban J connectivity index is 1.79. The van der Waals surface area contributed by atoms with E-state index in [1.807, 2.05) is 55.5 Å². The molecule has 120 valence electrons. The van der Waals surface area contributed by atoms with Crippen molar-refractivity contribution in [2.45, 2.75) is 13.5 Å². The lowest BCUT2D eigenvalue weighted by Crippen LogP contribution is -1.99. The molecule has 3 aromatic rings. The van der Waals surface area contributed by atoms with Gasteiger partial charge in [-0.05, 0) is 36.8 Å². The molecule has 0 fully saturated rings. The third-order valence-corrected chi connectivity index (χ3v) is 3.64. The summed E-state index contributed by atoms with van der Waals surface area (Å²) in [6.07, 6.45) is 0. The standard InChI is InChI=1S/C19H17N3O2/c1-13-3-5-14(6-4-13)12-21-19-17(11-20)22-18(24-19)15-7-9-16(23-2)10-8-15/h3-10,21H,12H2,1-2H3. The van der Waals surface area contributed by atoms with E-state index in [1.54, 1.807) is 7.11 Å². The van der Waals surface area contributed by atoms with E-state index in [-0.39, 0.29) is 5.69 Å². The van der Waals surface area contributed by atoms with Crippen LogP contribution < -0.4 is 10.1 Å². The third-order valence-electron chi connectivity index (χ3n) is 3.64. The Morgan fingerprint density at radius 2 is 1.83 bits per heavy atom. The Bertz CT molecular complexity index is 859. The van der Waals surface area contributed by atoms with E-state index >= 15 is 0 Å². The van der Waals surface area contributed by atoms with Crippen LogP contribution in [0.15, 0.2) is 52.9 Å². The van der Waals surface area contributed by atoms with Crippen molar-refractivity contribution in [3.05, 3.63) is 65.4 Å². The lowest BCUT2D eigenvalue weighted by Gasteiger charge is -2.03. The molecule has 5 nitrogen and oxygen atoms in total. The van der Waals surface area contributed by atoms with Gasteiger partial charge < -0.3 is 14.5 Å². The predicted molar refractivity (Wildman–Crippen MR) is 91.7 cm³/mol. The van der Waals surface area contributed by atoms with Crippen LogP contribution in [0.1, 0.15) is 16.8 Å². The van der Waals surface area contributed by atoms with Gasteiger partial charge in [0, 0.05) is 12.1 Å². The lowest BCUT2D eigenvalue weighted by atomic mass is 10.1. The fourth-order valence-electron chi connectivity index (χ4n) is 2.26. The zero-order valence-corrected chi connectivity index (χ0v) is 13.5. The number of methoxy groups -OCH3 is 1. The first-order valence-corrected chi connectivity index (χ1v) is 7.54. The average molecular weight is 319 g/mol. The number of hydrogen-bond donors (Lipinski definition) is 1. The molecule has 0 bridgehead atoms. The number of nitrogens with zero attached hydrogens (tertiary/aromatic N) is 2. The first kappa shape index (κ1) is 15.6. The van der Waals surface area contributed by atoms with Crippen LogP contribution in [0, 0.1) is 18.3 Å². The van der Waals surface area contributed by atoms with Gasteiger partial charge in [-0.1, -0.05) is 29.8 Å². The lowest BCUT2D eigenvalue weighted by molar-refractivity contribution is 0.415. The van der Waals surface area contributed by atoms with E-state index in [9.17, 15) is 5.26 Å². The Hall–Kier alpha value is -3.26. The van der Waals surface area contributed by atoms with Crippen molar-refractivity contribution in [1.29, 1.82) is 5.26 Å². The fourth-order valence-corrected chi connectivity index (χ4v) is 2.26. The summed E-state index contributed by atoms with van der Waals surface area (Å²) in [7, 11) is 1.61. The maximum Gasteiger partial charge on any atom is 0.232 e. The molecule has 24 heavy (non-hydrogen) atoms. The number of aromatic nitrogens is 1. The summed E-state index contributed by atoms with van der Waals surface area (Å²) in [4.78, 5) is 4.25. The van der Waals surface area contributed by atoms with Crippen LogP contribution in [0.4, 0.5) is 5.88 Å². The Morgan fingerprint density at radius 3 is 2.46 bits per heavy atom. The van der Waals surface area contributed by atoms with E-state index in [0.717, 1.165) is 16.9 Å². The summed E-state index contributed by atoms with van der Waals surface area (Å²) in [5, 5.41) is 12.4. The van der Waals surface area contributed by atoms with Crippen LogP contribution in [-0.2, 0) is 6.54 Å². The summed E-state index contributed by atoms with van der Waals surface area (Å²) in [5.74, 6) is 1.54. The van der Waals surface area contributed by atoms with E-state index in [1.165, 1.54) is 5.56 Å². The predicted octanol–water partition coefficient (Wildman–Crippen LogP) is 4.14. The van der Waals surface area contributed by atoms with Crippen LogP contribution >= 0.6 is 0 Å². The van der Waals surface area contributed by atoms with Gasteiger partial charge in [0.15, 0.2) is 0 Å². The number of nitrogens with one attached hydrogen (secondary N) is 1. The van der Waals surface area contributed by atoms with Gasteiger partial charge >= 0.3 is 0 Å². The number of anilines is 1. The largest absolute Gasteiger partial charge is 0.497 e. The van der Waals surface area contributed by atoms with Crippen LogP contribution in [0.2, 0.25) is 0 Å². The van der Waals surface area contributed by atoms with Gasteiger partial charge in [-0.25, -0.2) is 0 Å². The van der Waals surface area contributed by atoms with Gasteiger partial charge in [-0.2, -0.15) is 10.2 Å². The Morgan fingerprint density at radius 1 is 1.12 bits per heavy atom. The van der Waals surface area contributed by atoms with Gasteiger partial charge in [0.25, 0.3) is 0 Å². The first-order valence-electron chi connectivity index (χ1n) is 7.54. The molecule has 2 aromatic carbocycles. The van der Waals surface area contributed by atoms with Crippen molar-refractivity contribution < 1.29 is 9.15 Å². The molecule has 1 heterocycles. The summed E-state index contributed by atoms with van der Waals surface area (Å²) in [6, 6.07) is 17.6. The summed E-state index contributed by atoms with van der Waals surface area (Å²) in [6.45, 7) is 2.61. The van der Waals surface area contributed by atoms with Gasteiger partial charge in [0.1, 0.15) is 11.8 Å². The second-order valence-electron chi connectivity index (χ2n) is 5.38. The van der Waals surface area contributed by atoms with Crippen molar-refractivity contribution in [3.63, 3.8) is 0 Å². The highest BCUT2D eigenvalue weighted by atomic mass is 16.5. The molecule has 0 spiro atoms. The molecular formula is C19H17N3O2. The molecule has 1 N–H and O–H groups in total. The monoisotopic (exact) mass is 319 g/mol. The van der Waals surface area contributed by atoms with Crippen LogP contribution in [0.3, 0.4) is 0 Å². The highest BCUT2D eigenvalue weighted by Gasteiger charge is 2.14. The van der Waals surface area contributed by atoms with Gasteiger partial charge in [-0.3, -0.25) is 0 Å². The maximum atomic E-state index is 9.26. The molecule has 5 heteroatoms. The zero-order chi connectivity index (χ0) is 16.9. The molecule has 0 aliphatic heterocycles. The topological polar surface area (TPSA) is 71.1 Å². The van der Waals surface area contributed by atoms with Crippen molar-refractivity contribution in [2.24, 2.45) is 0 Å². The fraction of sp³-hybridized carbons (Fsp3) is 0.158. The van der Waals surface area contributed by atoms with E-state index < -0.39 is 0 Å². The molecule has 0 unspecified atom stereocenters. The molecule has 3 rings (SSSR count). The van der Waals surface area contributed by atoms with Gasteiger partial charge in [0.05, 0.1) is 7.11 Å². The molecule has 0 saturated carbocycles. The second kappa shape index (κ2) is 6.88. The van der Waals surface area contributed by atoms with Crippen molar-refractivity contribution in [3.8, 4) is 23.3 Å². The van der Waals surface area contributed by atoms with Crippen LogP contribution in [0.25, 0.3) is 11.5 Å². The Kier molecular flexibility index (Phi) is 4.48. The zero-order valence-electron chi connectivity index (χ0n) is 13.5. The molecule has 0 saturated heterocycles. The van der Waals surface area contributed by atoms with Gasteiger partial charge in [-0.15, -0.1) is 0 Å². The van der Waals surface area contributed by atoms with E-state index in [4.69, 9.17) is 9.15 Å². The highest BCUT2D eigenvalue weighted by Crippen LogP contribution is 2.27. The molecular weight excluding hydrogens is 302 g/mol. The third kappa shape index (κ3) is 3.39. The minimum absolute atomic E-state index is 0.243. The smallest absolute Gasteiger partial charge is 0.232 e. The molecule has 0 radical (unpaired) electrons. The molecule has 0 aliphatic rings. The second-order valence-corrected chi connectivity index (χ2v) is 5.38. The number of ether oxygens (including phenoxy) is 1. The summed E-state index contributed by atoms with van der Waals surface area (Å²) < 4.78 is 10.9. The number of hydrogen-bond acceptors (Lipinski definition) is 5. The Labute approximate surface area is 140 Å². The van der Waals surface area contributed by atoms with Crippen LogP contribution in [0.5, 0.6) is 5.75 Å². The van der Waals surface area contributed by atoms with E-state index in [2.05, 4.69) is 16.4 Å². The van der Waals surface area contributed by atoms with E-state index in [0.29, 0.717) is 18.3 Å². The maximum absolute atomic E-state index is 9.26. The molecule has 0 aliphatic carbocycles. The van der Waals surface area contributed by atoms with Crippen LogP contribution in [-0.4, -0.2) is 12.1 Å². The quantitative estimate of drug-likeness (QED) is 0.765. The highest BCUT2D eigenvalue weighted by molar-refractivity contribution is 5.59. The number of oxazole rings is 1. The van der Waals surface area contributed by atoms with Crippen molar-refractivity contribution in [2.75, 3.05) is 12.4 Å². The molecule has 1 aromatic heterocycles. The van der Waals surface area contributed by atoms with Gasteiger partial charge in [0.2, 0.25) is 17.5 Å². The minimum Gasteiger partial charge on any atom is -0.497 e.